The highest BCUT2D eigenvalue weighted by molar-refractivity contribution is 5.94. The van der Waals surface area contributed by atoms with Crippen molar-refractivity contribution in [3.8, 4) is 0 Å². The van der Waals surface area contributed by atoms with E-state index in [9.17, 15) is 9.18 Å². The third-order valence-electron chi connectivity index (χ3n) is 3.98. The highest BCUT2D eigenvalue weighted by Gasteiger charge is 2.31. The van der Waals surface area contributed by atoms with Crippen molar-refractivity contribution in [1.29, 1.82) is 0 Å². The molecule has 0 saturated carbocycles. The molecule has 4 nitrogen and oxygen atoms in total. The minimum Gasteiger partial charge on any atom is -0.350 e. The Balaban J connectivity index is 1.56. The van der Waals surface area contributed by atoms with Crippen molar-refractivity contribution in [3.05, 3.63) is 35.6 Å². The predicted octanol–water partition coefficient (Wildman–Crippen LogP) is 0.555. The van der Waals surface area contributed by atoms with Gasteiger partial charge < -0.3 is 5.32 Å². The van der Waals surface area contributed by atoms with Crippen molar-refractivity contribution in [1.82, 2.24) is 15.1 Å². The molecule has 1 aromatic rings. The molecule has 19 heavy (non-hydrogen) atoms. The summed E-state index contributed by atoms with van der Waals surface area (Å²) < 4.78 is 13.0. The van der Waals surface area contributed by atoms with Gasteiger partial charge in [0, 0.05) is 50.9 Å². The lowest BCUT2D eigenvalue weighted by Crippen LogP contribution is -2.63. The Morgan fingerprint density at radius 1 is 1.32 bits per heavy atom. The largest absolute Gasteiger partial charge is 0.350 e. The van der Waals surface area contributed by atoms with Crippen molar-refractivity contribution in [2.24, 2.45) is 0 Å². The number of benzene rings is 1. The molecular formula is C14H18FN3O. The summed E-state index contributed by atoms with van der Waals surface area (Å²) in [6.07, 6.45) is 0. The lowest BCUT2D eigenvalue weighted by molar-refractivity contribution is 0.0138. The van der Waals surface area contributed by atoms with Crippen LogP contribution < -0.4 is 5.32 Å². The van der Waals surface area contributed by atoms with Gasteiger partial charge >= 0.3 is 0 Å². The maximum atomic E-state index is 13.0. The van der Waals surface area contributed by atoms with Crippen LogP contribution in [0.5, 0.6) is 0 Å². The van der Waals surface area contributed by atoms with Crippen molar-refractivity contribution in [2.45, 2.75) is 6.04 Å². The first kappa shape index (κ1) is 12.6. The van der Waals surface area contributed by atoms with E-state index in [4.69, 9.17) is 0 Å². The van der Waals surface area contributed by atoms with Crippen molar-refractivity contribution >= 4 is 5.91 Å². The van der Waals surface area contributed by atoms with E-state index >= 15 is 0 Å². The van der Waals surface area contributed by atoms with Crippen LogP contribution in [0, 0.1) is 5.82 Å². The van der Waals surface area contributed by atoms with Crippen LogP contribution in [0.4, 0.5) is 4.39 Å². The molecule has 3 heterocycles. The molecule has 4 rings (SSSR count). The third kappa shape index (κ3) is 2.77. The van der Waals surface area contributed by atoms with Crippen molar-refractivity contribution < 1.29 is 9.18 Å². The zero-order chi connectivity index (χ0) is 13.2. The molecule has 0 aromatic heterocycles. The Bertz CT molecular complexity index is 472. The van der Waals surface area contributed by atoms with Gasteiger partial charge in [-0.3, -0.25) is 14.6 Å². The zero-order valence-electron chi connectivity index (χ0n) is 10.8. The van der Waals surface area contributed by atoms with Crippen LogP contribution in [0.25, 0.3) is 0 Å². The zero-order valence-corrected chi connectivity index (χ0v) is 10.8. The average Bonchev–Trinajstić information content (AvgIpc) is 2.46. The van der Waals surface area contributed by atoms with Crippen LogP contribution in [0.2, 0.25) is 0 Å². The molecule has 1 N–H and O–H groups in total. The second kappa shape index (κ2) is 5.27. The number of carbonyl (C=O) groups excluding carboxylic acids is 1. The number of piperazine rings is 3. The number of hydrogen-bond donors (Lipinski definition) is 1. The predicted molar refractivity (Wildman–Crippen MR) is 70.5 cm³/mol. The Morgan fingerprint density at radius 2 is 2.11 bits per heavy atom. The highest BCUT2D eigenvalue weighted by atomic mass is 19.1. The Morgan fingerprint density at radius 3 is 2.74 bits per heavy atom. The van der Waals surface area contributed by atoms with Gasteiger partial charge in [-0.2, -0.15) is 0 Å². The molecule has 1 aromatic carbocycles. The first-order valence-electron chi connectivity index (χ1n) is 6.72. The maximum Gasteiger partial charge on any atom is 0.251 e. The minimum atomic E-state index is -0.376. The van der Waals surface area contributed by atoms with Crippen LogP contribution in [-0.2, 0) is 0 Å². The van der Waals surface area contributed by atoms with Crippen molar-refractivity contribution in [2.75, 3.05) is 39.3 Å². The molecule has 3 aliphatic heterocycles. The molecule has 5 heteroatoms. The molecule has 102 valence electrons. The van der Waals surface area contributed by atoms with E-state index in [0.29, 0.717) is 18.2 Å². The number of nitrogens with one attached hydrogen (secondary N) is 1. The number of fused-ring (bicyclic) bond motifs is 3. The Kier molecular flexibility index (Phi) is 3.48. The summed E-state index contributed by atoms with van der Waals surface area (Å²) >= 11 is 0. The first-order valence-corrected chi connectivity index (χ1v) is 6.72. The maximum absolute atomic E-state index is 13.0. The van der Waals surface area contributed by atoms with Gasteiger partial charge in [-0.1, -0.05) is 6.07 Å². The van der Waals surface area contributed by atoms with Crippen LogP contribution in [-0.4, -0.2) is 61.0 Å². The number of nitrogens with zero attached hydrogens (tertiary/aromatic N) is 2. The number of hydrogen-bond acceptors (Lipinski definition) is 3. The average molecular weight is 263 g/mol. The van der Waals surface area contributed by atoms with Crippen molar-refractivity contribution in [3.63, 3.8) is 0 Å². The molecule has 1 atom stereocenters. The fourth-order valence-corrected chi connectivity index (χ4v) is 2.86. The molecule has 2 bridgehead atoms. The quantitative estimate of drug-likeness (QED) is 0.865. The van der Waals surface area contributed by atoms with Gasteiger partial charge in [0.05, 0.1) is 0 Å². The molecule has 1 unspecified atom stereocenters. The number of carbonyl (C=O) groups is 1. The molecule has 0 aliphatic carbocycles. The van der Waals surface area contributed by atoms with Crippen LogP contribution in [0.1, 0.15) is 10.4 Å². The van der Waals surface area contributed by atoms with E-state index in [1.54, 1.807) is 12.1 Å². The van der Waals surface area contributed by atoms with Crippen LogP contribution in [0.3, 0.4) is 0 Å². The second-order valence-electron chi connectivity index (χ2n) is 5.21. The number of amides is 1. The summed E-state index contributed by atoms with van der Waals surface area (Å²) in [7, 11) is 0. The molecule has 1 amide bonds. The van der Waals surface area contributed by atoms with Gasteiger partial charge in [-0.25, -0.2) is 4.39 Å². The monoisotopic (exact) mass is 263 g/mol. The summed E-state index contributed by atoms with van der Waals surface area (Å²) in [5, 5.41) is 2.91. The molecule has 3 aliphatic rings. The summed E-state index contributed by atoms with van der Waals surface area (Å²) in [6.45, 7) is 6.08. The standard InChI is InChI=1S/C14H18FN3O/c15-12-3-1-2-11(8-12)14(19)16-9-13-10-17-4-6-18(13)7-5-17/h1-3,8,13H,4-7,9-10H2,(H,16,19). The molecule has 3 fully saturated rings. The third-order valence-corrected chi connectivity index (χ3v) is 3.98. The van der Waals surface area contributed by atoms with E-state index in [2.05, 4.69) is 15.1 Å². The van der Waals surface area contributed by atoms with Gasteiger partial charge in [-0.05, 0) is 18.2 Å². The smallest absolute Gasteiger partial charge is 0.251 e. The SMILES string of the molecule is O=C(NCC1CN2CCN1CC2)c1cccc(F)c1. The second-order valence-corrected chi connectivity index (χ2v) is 5.21. The molecule has 0 radical (unpaired) electrons. The van der Waals surface area contributed by atoms with E-state index in [1.807, 2.05) is 0 Å². The summed E-state index contributed by atoms with van der Waals surface area (Å²) in [5.74, 6) is -0.573. The normalized spacial score (nSPS) is 29.2. The van der Waals surface area contributed by atoms with Crippen LogP contribution in [0.15, 0.2) is 24.3 Å². The van der Waals surface area contributed by atoms with Gasteiger partial charge in [0.15, 0.2) is 0 Å². The Labute approximate surface area is 112 Å². The van der Waals surface area contributed by atoms with Gasteiger partial charge in [-0.15, -0.1) is 0 Å². The van der Waals surface area contributed by atoms with Gasteiger partial charge in [0.25, 0.3) is 5.91 Å². The molecule has 3 saturated heterocycles. The van der Waals surface area contributed by atoms with Crippen LogP contribution >= 0.6 is 0 Å². The summed E-state index contributed by atoms with van der Waals surface area (Å²) in [4.78, 5) is 16.8. The number of halogens is 1. The van der Waals surface area contributed by atoms with Gasteiger partial charge in [0.2, 0.25) is 0 Å². The van der Waals surface area contributed by atoms with E-state index in [1.165, 1.54) is 12.1 Å². The van der Waals surface area contributed by atoms with E-state index in [0.717, 1.165) is 32.7 Å². The summed E-state index contributed by atoms with van der Waals surface area (Å²) in [6, 6.07) is 6.19. The van der Waals surface area contributed by atoms with E-state index < -0.39 is 0 Å². The lowest BCUT2D eigenvalue weighted by Gasteiger charge is -2.47. The molecular weight excluding hydrogens is 245 g/mol. The highest BCUT2D eigenvalue weighted by Crippen LogP contribution is 2.15. The fourth-order valence-electron chi connectivity index (χ4n) is 2.86. The summed E-state index contributed by atoms with van der Waals surface area (Å²) in [5.41, 5.74) is 0.385. The first-order chi connectivity index (χ1) is 9.22. The topological polar surface area (TPSA) is 35.6 Å². The Hall–Kier alpha value is -1.46. The fraction of sp³-hybridized carbons (Fsp3) is 0.500. The molecule has 0 spiro atoms. The minimum absolute atomic E-state index is 0.197. The lowest BCUT2D eigenvalue weighted by atomic mass is 10.1. The van der Waals surface area contributed by atoms with Gasteiger partial charge in [0.1, 0.15) is 5.82 Å². The number of rotatable bonds is 3. The van der Waals surface area contributed by atoms with E-state index in [-0.39, 0.29) is 11.7 Å².